The number of anilines is 1. The molecule has 2 aromatic heterocycles. The molecule has 0 unspecified atom stereocenters. The van der Waals surface area contributed by atoms with Gasteiger partial charge in [-0.05, 0) is 18.6 Å². The van der Waals surface area contributed by atoms with Gasteiger partial charge in [-0.1, -0.05) is 30.3 Å². The maximum Gasteiger partial charge on any atom is 0.225 e. The van der Waals surface area contributed by atoms with Crippen molar-refractivity contribution in [1.29, 1.82) is 0 Å². The Labute approximate surface area is 200 Å². The summed E-state index contributed by atoms with van der Waals surface area (Å²) >= 11 is 0. The van der Waals surface area contributed by atoms with Gasteiger partial charge in [0, 0.05) is 64.1 Å². The van der Waals surface area contributed by atoms with E-state index in [-0.39, 0.29) is 24.0 Å². The molecule has 0 amide bonds. The molecule has 1 saturated heterocycles. The number of imidazole rings is 1. The quantitative estimate of drug-likeness (QED) is 0.299. The fraction of sp³-hybridized carbons (Fsp3) is 0.364. The Hall–Kier alpha value is -2.69. The van der Waals surface area contributed by atoms with Crippen molar-refractivity contribution in [3.63, 3.8) is 0 Å². The van der Waals surface area contributed by atoms with E-state index in [1.165, 1.54) is 5.56 Å². The zero-order valence-electron chi connectivity index (χ0n) is 17.8. The van der Waals surface area contributed by atoms with Crippen molar-refractivity contribution in [3.8, 4) is 0 Å². The Morgan fingerprint density at radius 3 is 2.42 bits per heavy atom. The van der Waals surface area contributed by atoms with E-state index < -0.39 is 0 Å². The van der Waals surface area contributed by atoms with Crippen molar-refractivity contribution in [2.75, 3.05) is 37.6 Å². The third kappa shape index (κ3) is 6.16. The van der Waals surface area contributed by atoms with Gasteiger partial charge < -0.3 is 19.7 Å². The molecule has 8 nitrogen and oxygen atoms in total. The molecule has 0 spiro atoms. The summed E-state index contributed by atoms with van der Waals surface area (Å²) < 4.78 is 2.16. The van der Waals surface area contributed by atoms with Crippen LogP contribution in [0.1, 0.15) is 18.3 Å². The fourth-order valence-electron chi connectivity index (χ4n) is 3.56. The van der Waals surface area contributed by atoms with E-state index in [0.29, 0.717) is 6.54 Å². The lowest BCUT2D eigenvalue weighted by Gasteiger charge is -2.36. The van der Waals surface area contributed by atoms with Gasteiger partial charge in [0.2, 0.25) is 5.95 Å². The van der Waals surface area contributed by atoms with E-state index in [9.17, 15) is 0 Å². The number of benzene rings is 1. The van der Waals surface area contributed by atoms with E-state index in [4.69, 9.17) is 4.99 Å². The van der Waals surface area contributed by atoms with Crippen molar-refractivity contribution in [3.05, 3.63) is 72.6 Å². The highest BCUT2D eigenvalue weighted by atomic mass is 127. The Morgan fingerprint density at radius 1 is 0.968 bits per heavy atom. The molecule has 9 heteroatoms. The summed E-state index contributed by atoms with van der Waals surface area (Å²) in [5, 5.41) is 3.43. The molecular formula is C22H29IN8. The van der Waals surface area contributed by atoms with Crippen LogP contribution >= 0.6 is 24.0 Å². The first kappa shape index (κ1) is 23.0. The molecule has 1 aromatic carbocycles. The number of rotatable bonds is 6. The Morgan fingerprint density at radius 2 is 1.71 bits per heavy atom. The van der Waals surface area contributed by atoms with Gasteiger partial charge in [-0.15, -0.1) is 24.0 Å². The maximum absolute atomic E-state index is 4.88. The van der Waals surface area contributed by atoms with Crippen LogP contribution in [-0.4, -0.2) is 63.1 Å². The molecule has 0 saturated carbocycles. The molecule has 31 heavy (non-hydrogen) atoms. The molecule has 3 aromatic rings. The number of halogens is 1. The highest BCUT2D eigenvalue weighted by molar-refractivity contribution is 14.0. The summed E-state index contributed by atoms with van der Waals surface area (Å²) in [6.07, 6.45) is 7.44. The van der Waals surface area contributed by atoms with Crippen LogP contribution in [0.3, 0.4) is 0 Å². The highest BCUT2D eigenvalue weighted by Gasteiger charge is 2.21. The van der Waals surface area contributed by atoms with E-state index in [0.717, 1.165) is 57.0 Å². The average molecular weight is 532 g/mol. The van der Waals surface area contributed by atoms with Gasteiger partial charge >= 0.3 is 0 Å². The van der Waals surface area contributed by atoms with E-state index in [1.54, 1.807) is 12.4 Å². The first-order chi connectivity index (χ1) is 14.8. The van der Waals surface area contributed by atoms with Crippen LogP contribution in [0, 0.1) is 0 Å². The molecule has 0 atom stereocenters. The first-order valence-electron chi connectivity index (χ1n) is 10.4. The zero-order valence-corrected chi connectivity index (χ0v) is 20.1. The smallest absolute Gasteiger partial charge is 0.225 e. The molecule has 1 aliphatic heterocycles. The van der Waals surface area contributed by atoms with Crippen molar-refractivity contribution >= 4 is 35.9 Å². The standard InChI is InChI=1S/C22H28N8.HI/c1-2-23-21(28-13-15-29(16-14-28)22-25-9-6-10-26-22)27-17-20-24-11-12-30(20)18-19-7-4-3-5-8-19;/h3-12H,2,13-18H2,1H3,(H,23,27);1H. The van der Waals surface area contributed by atoms with Gasteiger partial charge in [0.05, 0.1) is 0 Å². The summed E-state index contributed by atoms with van der Waals surface area (Å²) in [4.78, 5) is 22.6. The third-order valence-electron chi connectivity index (χ3n) is 5.12. The third-order valence-corrected chi connectivity index (χ3v) is 5.12. The van der Waals surface area contributed by atoms with E-state index in [1.807, 2.05) is 24.5 Å². The zero-order chi connectivity index (χ0) is 20.6. The molecule has 4 rings (SSSR count). The van der Waals surface area contributed by atoms with Crippen molar-refractivity contribution in [2.45, 2.75) is 20.0 Å². The van der Waals surface area contributed by atoms with Gasteiger partial charge in [0.1, 0.15) is 12.4 Å². The first-order valence-corrected chi connectivity index (χ1v) is 10.4. The van der Waals surface area contributed by atoms with Crippen LogP contribution in [-0.2, 0) is 13.1 Å². The molecule has 0 aliphatic carbocycles. The second-order valence-electron chi connectivity index (χ2n) is 7.15. The molecule has 0 radical (unpaired) electrons. The van der Waals surface area contributed by atoms with Gasteiger partial charge in [-0.2, -0.15) is 0 Å². The lowest BCUT2D eigenvalue weighted by atomic mass is 10.2. The number of guanidine groups is 1. The summed E-state index contributed by atoms with van der Waals surface area (Å²) in [6, 6.07) is 12.3. The number of nitrogens with one attached hydrogen (secondary N) is 1. The summed E-state index contributed by atoms with van der Waals surface area (Å²) in [5.41, 5.74) is 1.26. The Bertz CT molecular complexity index is 936. The largest absolute Gasteiger partial charge is 0.357 e. The Kier molecular flexibility index (Phi) is 8.63. The molecule has 1 N–H and O–H groups in total. The average Bonchev–Trinajstić information content (AvgIpc) is 3.25. The monoisotopic (exact) mass is 532 g/mol. The number of hydrogen-bond donors (Lipinski definition) is 1. The van der Waals surface area contributed by atoms with Gasteiger partial charge in [-0.25, -0.2) is 19.9 Å². The van der Waals surface area contributed by atoms with Crippen LogP contribution in [0.4, 0.5) is 5.95 Å². The summed E-state index contributed by atoms with van der Waals surface area (Å²) in [6.45, 7) is 7.78. The van der Waals surface area contributed by atoms with Crippen molar-refractivity contribution < 1.29 is 0 Å². The van der Waals surface area contributed by atoms with E-state index >= 15 is 0 Å². The molecule has 164 valence electrons. The minimum atomic E-state index is 0. The number of piperazine rings is 1. The van der Waals surface area contributed by atoms with Crippen LogP contribution in [0.2, 0.25) is 0 Å². The number of aromatic nitrogens is 4. The normalized spacial score (nSPS) is 14.3. The van der Waals surface area contributed by atoms with Crippen LogP contribution in [0.25, 0.3) is 0 Å². The topological polar surface area (TPSA) is 74.5 Å². The maximum atomic E-state index is 4.88. The van der Waals surface area contributed by atoms with E-state index in [2.05, 4.69) is 65.8 Å². The molecule has 3 heterocycles. The van der Waals surface area contributed by atoms with Crippen LogP contribution in [0.15, 0.2) is 66.2 Å². The summed E-state index contributed by atoms with van der Waals surface area (Å²) in [7, 11) is 0. The number of aliphatic imine (C=N–C) groups is 1. The second kappa shape index (κ2) is 11.6. The minimum absolute atomic E-state index is 0. The number of hydrogen-bond acceptors (Lipinski definition) is 5. The van der Waals surface area contributed by atoms with Crippen LogP contribution in [0.5, 0.6) is 0 Å². The molecule has 0 bridgehead atoms. The highest BCUT2D eigenvalue weighted by Crippen LogP contribution is 2.11. The number of nitrogens with zero attached hydrogens (tertiary/aromatic N) is 7. The van der Waals surface area contributed by atoms with Crippen LogP contribution < -0.4 is 10.2 Å². The second-order valence-corrected chi connectivity index (χ2v) is 7.15. The Balaban J connectivity index is 0.00000272. The van der Waals surface area contributed by atoms with Gasteiger partial charge in [-0.3, -0.25) is 0 Å². The summed E-state index contributed by atoms with van der Waals surface area (Å²) in [5.74, 6) is 2.69. The predicted octanol–water partition coefficient (Wildman–Crippen LogP) is 2.63. The lowest BCUT2D eigenvalue weighted by molar-refractivity contribution is 0.370. The van der Waals surface area contributed by atoms with Crippen molar-refractivity contribution in [2.24, 2.45) is 4.99 Å². The SMILES string of the molecule is CCNC(=NCc1nccn1Cc1ccccc1)N1CCN(c2ncccn2)CC1.I. The van der Waals surface area contributed by atoms with Crippen molar-refractivity contribution in [1.82, 2.24) is 29.7 Å². The van der Waals surface area contributed by atoms with Gasteiger partial charge in [0.15, 0.2) is 5.96 Å². The molecular weight excluding hydrogens is 503 g/mol. The molecule has 1 fully saturated rings. The lowest BCUT2D eigenvalue weighted by Crippen LogP contribution is -2.53. The fourth-order valence-corrected chi connectivity index (χ4v) is 3.56. The predicted molar refractivity (Wildman–Crippen MR) is 134 cm³/mol. The van der Waals surface area contributed by atoms with Gasteiger partial charge in [0.25, 0.3) is 0 Å². The minimum Gasteiger partial charge on any atom is -0.357 e. The molecule has 1 aliphatic rings.